The van der Waals surface area contributed by atoms with Crippen LogP contribution in [0.4, 0.5) is 5.82 Å². The van der Waals surface area contributed by atoms with Gasteiger partial charge in [-0.3, -0.25) is 0 Å². The lowest BCUT2D eigenvalue weighted by atomic mass is 10.0. The lowest BCUT2D eigenvalue weighted by Gasteiger charge is -2.15. The Morgan fingerprint density at radius 2 is 2.16 bits per heavy atom. The molecule has 3 N–H and O–H groups in total. The average Bonchev–Trinajstić information content (AvgIpc) is 2.38. The number of aromatic nitrogens is 1. The Kier molecular flexibility index (Phi) is 4.39. The van der Waals surface area contributed by atoms with E-state index in [1.807, 2.05) is 24.3 Å². The van der Waals surface area contributed by atoms with E-state index in [2.05, 4.69) is 20.9 Å². The van der Waals surface area contributed by atoms with Crippen molar-refractivity contribution in [2.45, 2.75) is 12.5 Å². The van der Waals surface area contributed by atoms with Gasteiger partial charge in [0.2, 0.25) is 0 Å². The second kappa shape index (κ2) is 6.04. The lowest BCUT2D eigenvalue weighted by molar-refractivity contribution is 0.174. The number of nitrogen functional groups attached to an aromatic ring is 1. The van der Waals surface area contributed by atoms with Gasteiger partial charge in [-0.2, -0.15) is 0 Å². The predicted octanol–water partition coefficient (Wildman–Crippen LogP) is 2.71. The molecule has 0 aliphatic rings. The summed E-state index contributed by atoms with van der Waals surface area (Å²) in [4.78, 5) is 3.93. The SMILES string of the molecule is COc1ccc(Br)cc1C(O)Cc1ccnc(N)c1. The molecule has 0 amide bonds. The van der Waals surface area contributed by atoms with Gasteiger partial charge < -0.3 is 15.6 Å². The first-order valence-electron chi connectivity index (χ1n) is 5.82. The van der Waals surface area contributed by atoms with Crippen LogP contribution in [0.25, 0.3) is 0 Å². The topological polar surface area (TPSA) is 68.4 Å². The lowest BCUT2D eigenvalue weighted by Crippen LogP contribution is -2.05. The van der Waals surface area contributed by atoms with Crippen LogP contribution in [0.2, 0.25) is 0 Å². The van der Waals surface area contributed by atoms with E-state index in [0.29, 0.717) is 18.0 Å². The summed E-state index contributed by atoms with van der Waals surface area (Å²) in [5, 5.41) is 10.3. The first-order valence-corrected chi connectivity index (χ1v) is 6.61. The minimum absolute atomic E-state index is 0.450. The summed E-state index contributed by atoms with van der Waals surface area (Å²) in [5.41, 5.74) is 7.30. The molecule has 0 aliphatic carbocycles. The van der Waals surface area contributed by atoms with Crippen molar-refractivity contribution in [3.05, 3.63) is 52.1 Å². The third kappa shape index (κ3) is 3.45. The van der Waals surface area contributed by atoms with Crippen LogP contribution in [0, 0.1) is 0 Å². The van der Waals surface area contributed by atoms with E-state index < -0.39 is 6.10 Å². The molecule has 2 rings (SSSR count). The maximum Gasteiger partial charge on any atom is 0.124 e. The number of nitrogens with zero attached hydrogens (tertiary/aromatic N) is 1. The molecule has 2 aromatic rings. The van der Waals surface area contributed by atoms with E-state index >= 15 is 0 Å². The number of aliphatic hydroxyl groups is 1. The van der Waals surface area contributed by atoms with Crippen LogP contribution in [0.1, 0.15) is 17.2 Å². The molecule has 5 heteroatoms. The smallest absolute Gasteiger partial charge is 0.124 e. The van der Waals surface area contributed by atoms with Crippen molar-refractivity contribution in [1.29, 1.82) is 0 Å². The molecule has 1 atom stereocenters. The van der Waals surface area contributed by atoms with Gasteiger partial charge in [0.1, 0.15) is 11.6 Å². The number of rotatable bonds is 4. The van der Waals surface area contributed by atoms with Gasteiger partial charge in [-0.1, -0.05) is 15.9 Å². The van der Waals surface area contributed by atoms with Gasteiger partial charge in [0.15, 0.2) is 0 Å². The molecule has 1 heterocycles. The van der Waals surface area contributed by atoms with Crippen LogP contribution in [-0.4, -0.2) is 17.2 Å². The number of nitrogens with two attached hydrogens (primary N) is 1. The summed E-state index contributed by atoms with van der Waals surface area (Å²) in [6.45, 7) is 0. The van der Waals surface area contributed by atoms with Gasteiger partial charge >= 0.3 is 0 Å². The van der Waals surface area contributed by atoms with Crippen molar-refractivity contribution in [2.75, 3.05) is 12.8 Å². The van der Waals surface area contributed by atoms with Crippen LogP contribution in [0.5, 0.6) is 5.75 Å². The Morgan fingerprint density at radius 1 is 1.37 bits per heavy atom. The van der Waals surface area contributed by atoms with Crippen LogP contribution in [0.3, 0.4) is 0 Å². The van der Waals surface area contributed by atoms with Gasteiger partial charge in [-0.15, -0.1) is 0 Å². The van der Waals surface area contributed by atoms with Crippen molar-refractivity contribution < 1.29 is 9.84 Å². The van der Waals surface area contributed by atoms with Gasteiger partial charge in [0.25, 0.3) is 0 Å². The van der Waals surface area contributed by atoms with Crippen LogP contribution < -0.4 is 10.5 Å². The highest BCUT2D eigenvalue weighted by atomic mass is 79.9. The Hall–Kier alpha value is -1.59. The van der Waals surface area contributed by atoms with Crippen LogP contribution in [-0.2, 0) is 6.42 Å². The molecule has 19 heavy (non-hydrogen) atoms. The van der Waals surface area contributed by atoms with Crippen LogP contribution >= 0.6 is 15.9 Å². The molecule has 0 saturated heterocycles. The number of aliphatic hydroxyl groups excluding tert-OH is 1. The summed E-state index contributed by atoms with van der Waals surface area (Å²) >= 11 is 3.39. The Bertz CT molecular complexity index is 575. The molecule has 0 fully saturated rings. The Labute approximate surface area is 120 Å². The number of halogens is 1. The van der Waals surface area contributed by atoms with Crippen molar-refractivity contribution in [3.8, 4) is 5.75 Å². The molecule has 0 spiro atoms. The second-order valence-corrected chi connectivity index (χ2v) is 5.11. The molecule has 4 nitrogen and oxygen atoms in total. The van der Waals surface area contributed by atoms with Crippen molar-refractivity contribution in [1.82, 2.24) is 4.98 Å². The zero-order chi connectivity index (χ0) is 13.8. The second-order valence-electron chi connectivity index (χ2n) is 4.20. The highest BCUT2D eigenvalue weighted by molar-refractivity contribution is 9.10. The fraction of sp³-hybridized carbons (Fsp3) is 0.214. The highest BCUT2D eigenvalue weighted by Gasteiger charge is 2.14. The molecular formula is C14H15BrN2O2. The fourth-order valence-corrected chi connectivity index (χ4v) is 2.30. The predicted molar refractivity (Wildman–Crippen MR) is 78.0 cm³/mol. The first kappa shape index (κ1) is 13.8. The summed E-state index contributed by atoms with van der Waals surface area (Å²) in [6, 6.07) is 9.15. The molecule has 100 valence electrons. The standard InChI is InChI=1S/C14H15BrN2O2/c1-19-13-3-2-10(15)8-11(13)12(18)6-9-4-5-17-14(16)7-9/h2-5,7-8,12,18H,6H2,1H3,(H2,16,17). The number of anilines is 1. The van der Waals surface area contributed by atoms with Gasteiger partial charge in [0.05, 0.1) is 13.2 Å². The zero-order valence-corrected chi connectivity index (χ0v) is 12.1. The summed E-state index contributed by atoms with van der Waals surface area (Å²) in [7, 11) is 1.59. The summed E-state index contributed by atoms with van der Waals surface area (Å²) in [5.74, 6) is 1.11. The monoisotopic (exact) mass is 322 g/mol. The zero-order valence-electron chi connectivity index (χ0n) is 10.5. The molecule has 1 unspecified atom stereocenters. The molecule has 0 bridgehead atoms. The highest BCUT2D eigenvalue weighted by Crippen LogP contribution is 2.30. The number of hydrogen-bond acceptors (Lipinski definition) is 4. The molecular weight excluding hydrogens is 308 g/mol. The van der Waals surface area contributed by atoms with Crippen molar-refractivity contribution in [2.24, 2.45) is 0 Å². The average molecular weight is 323 g/mol. The van der Waals surface area contributed by atoms with Gasteiger partial charge in [-0.25, -0.2) is 4.98 Å². The number of benzene rings is 1. The maximum absolute atomic E-state index is 10.3. The van der Waals surface area contributed by atoms with E-state index in [9.17, 15) is 5.11 Å². The molecule has 0 aliphatic heterocycles. The van der Waals surface area contributed by atoms with E-state index in [0.717, 1.165) is 15.6 Å². The van der Waals surface area contributed by atoms with Gasteiger partial charge in [0, 0.05) is 22.7 Å². The fourth-order valence-electron chi connectivity index (χ4n) is 1.92. The van der Waals surface area contributed by atoms with E-state index in [4.69, 9.17) is 10.5 Å². The third-order valence-electron chi connectivity index (χ3n) is 2.83. The molecule has 1 aromatic heterocycles. The largest absolute Gasteiger partial charge is 0.496 e. The molecule has 1 aromatic carbocycles. The summed E-state index contributed by atoms with van der Waals surface area (Å²) in [6.07, 6.45) is 1.43. The van der Waals surface area contributed by atoms with Gasteiger partial charge in [-0.05, 0) is 35.9 Å². The minimum Gasteiger partial charge on any atom is -0.496 e. The quantitative estimate of drug-likeness (QED) is 0.908. The maximum atomic E-state index is 10.3. The van der Waals surface area contributed by atoms with E-state index in [-0.39, 0.29) is 0 Å². The molecule has 0 radical (unpaired) electrons. The Balaban J connectivity index is 2.24. The van der Waals surface area contributed by atoms with Crippen molar-refractivity contribution >= 4 is 21.7 Å². The number of hydrogen-bond donors (Lipinski definition) is 2. The molecule has 0 saturated carbocycles. The number of pyridine rings is 1. The van der Waals surface area contributed by atoms with Crippen LogP contribution in [0.15, 0.2) is 41.0 Å². The first-order chi connectivity index (χ1) is 9.10. The minimum atomic E-state index is -0.658. The third-order valence-corrected chi connectivity index (χ3v) is 3.32. The number of methoxy groups -OCH3 is 1. The number of ether oxygens (including phenoxy) is 1. The Morgan fingerprint density at radius 3 is 2.84 bits per heavy atom. The van der Waals surface area contributed by atoms with Crippen molar-refractivity contribution in [3.63, 3.8) is 0 Å². The normalized spacial score (nSPS) is 12.2. The summed E-state index contributed by atoms with van der Waals surface area (Å²) < 4.78 is 6.16. The van der Waals surface area contributed by atoms with E-state index in [1.165, 1.54) is 0 Å². The van der Waals surface area contributed by atoms with E-state index in [1.54, 1.807) is 19.4 Å².